The number of furan rings is 1. The van der Waals surface area contributed by atoms with Gasteiger partial charge in [0.2, 0.25) is 0 Å². The molecule has 0 saturated carbocycles. The molecule has 0 spiro atoms. The molecule has 2 aromatic rings. The minimum Gasteiger partial charge on any atom is -0.481 e. The van der Waals surface area contributed by atoms with Crippen LogP contribution in [0.2, 0.25) is 0 Å². The van der Waals surface area contributed by atoms with E-state index in [9.17, 15) is 9.59 Å². The van der Waals surface area contributed by atoms with Crippen LogP contribution in [0.5, 0.6) is 0 Å². The lowest BCUT2D eigenvalue weighted by molar-refractivity contribution is -0.137. The predicted molar refractivity (Wildman–Crippen MR) is 73.7 cm³/mol. The first kappa shape index (κ1) is 14.3. The van der Waals surface area contributed by atoms with Gasteiger partial charge in [-0.2, -0.15) is 0 Å². The minimum atomic E-state index is -0.956. The van der Waals surface area contributed by atoms with Gasteiger partial charge in [-0.3, -0.25) is 9.59 Å². The van der Waals surface area contributed by atoms with Gasteiger partial charge in [0.05, 0.1) is 6.42 Å². The third kappa shape index (κ3) is 3.45. The number of thiazole rings is 1. The molecular weight excluding hydrogens is 280 g/mol. The van der Waals surface area contributed by atoms with Crippen molar-refractivity contribution in [3.05, 3.63) is 29.0 Å². The van der Waals surface area contributed by atoms with Gasteiger partial charge in [0.15, 0.2) is 10.8 Å². The maximum atomic E-state index is 11.9. The van der Waals surface area contributed by atoms with Gasteiger partial charge in [0.25, 0.3) is 5.91 Å². The van der Waals surface area contributed by atoms with Gasteiger partial charge in [-0.05, 0) is 26.0 Å². The highest BCUT2D eigenvalue weighted by atomic mass is 32.1. The molecule has 0 fully saturated rings. The van der Waals surface area contributed by atoms with Crippen LogP contribution in [0, 0.1) is 6.92 Å². The third-order valence-electron chi connectivity index (χ3n) is 2.55. The van der Waals surface area contributed by atoms with Gasteiger partial charge < -0.3 is 14.8 Å². The van der Waals surface area contributed by atoms with Crippen molar-refractivity contribution in [3.8, 4) is 10.8 Å². The summed E-state index contributed by atoms with van der Waals surface area (Å²) >= 11 is 1.30. The average molecular weight is 294 g/mol. The number of carboxylic acids is 1. The van der Waals surface area contributed by atoms with Gasteiger partial charge in [-0.25, -0.2) is 4.98 Å². The smallest absolute Gasteiger partial charge is 0.305 e. The van der Waals surface area contributed by atoms with Crippen LogP contribution in [0.15, 0.2) is 21.9 Å². The SMILES string of the molecule is Cc1ccc(-c2nc(C(=O)NC(C)CC(=O)O)cs2)o1. The number of carboxylic acid groups (broad SMARTS) is 1. The third-order valence-corrected chi connectivity index (χ3v) is 3.40. The number of carbonyl (C=O) groups excluding carboxylic acids is 1. The number of aliphatic carboxylic acids is 1. The second-order valence-corrected chi connectivity index (χ2v) is 5.28. The number of amides is 1. The highest BCUT2D eigenvalue weighted by Crippen LogP contribution is 2.25. The largest absolute Gasteiger partial charge is 0.481 e. The number of nitrogens with zero attached hydrogens (tertiary/aromatic N) is 1. The van der Waals surface area contributed by atoms with Crippen LogP contribution >= 0.6 is 11.3 Å². The van der Waals surface area contributed by atoms with Crippen molar-refractivity contribution >= 4 is 23.2 Å². The van der Waals surface area contributed by atoms with Crippen molar-refractivity contribution in [3.63, 3.8) is 0 Å². The molecule has 20 heavy (non-hydrogen) atoms. The Kier molecular flexibility index (Phi) is 4.19. The molecular formula is C13H14N2O4S. The van der Waals surface area contributed by atoms with E-state index in [4.69, 9.17) is 9.52 Å². The van der Waals surface area contributed by atoms with Gasteiger partial charge in [-0.15, -0.1) is 11.3 Å². The second-order valence-electron chi connectivity index (χ2n) is 4.42. The predicted octanol–water partition coefficient (Wildman–Crippen LogP) is 2.30. The Balaban J connectivity index is 2.05. The van der Waals surface area contributed by atoms with E-state index in [1.165, 1.54) is 11.3 Å². The lowest BCUT2D eigenvalue weighted by Crippen LogP contribution is -2.34. The molecule has 0 aromatic carbocycles. The number of nitrogens with one attached hydrogen (secondary N) is 1. The lowest BCUT2D eigenvalue weighted by atomic mass is 10.2. The summed E-state index contributed by atoms with van der Waals surface area (Å²) in [6.45, 7) is 3.47. The zero-order chi connectivity index (χ0) is 14.7. The molecule has 6 nitrogen and oxygen atoms in total. The first-order valence-electron chi connectivity index (χ1n) is 6.00. The summed E-state index contributed by atoms with van der Waals surface area (Å²) < 4.78 is 5.43. The van der Waals surface area contributed by atoms with Crippen molar-refractivity contribution in [2.24, 2.45) is 0 Å². The van der Waals surface area contributed by atoms with Crippen LogP contribution in [0.4, 0.5) is 0 Å². The summed E-state index contributed by atoms with van der Waals surface area (Å²) in [5.74, 6) is 0.0498. The van der Waals surface area contributed by atoms with Gasteiger partial charge in [0, 0.05) is 11.4 Å². The summed E-state index contributed by atoms with van der Waals surface area (Å²) in [5.41, 5.74) is 0.260. The van der Waals surface area contributed by atoms with Crippen LogP contribution in [-0.2, 0) is 4.79 Å². The fourth-order valence-electron chi connectivity index (χ4n) is 1.65. The summed E-state index contributed by atoms with van der Waals surface area (Å²) in [7, 11) is 0. The number of aryl methyl sites for hydroxylation is 1. The molecule has 0 aliphatic carbocycles. The fraction of sp³-hybridized carbons (Fsp3) is 0.308. The molecule has 1 atom stereocenters. The molecule has 1 unspecified atom stereocenters. The van der Waals surface area contributed by atoms with Crippen LogP contribution in [0.1, 0.15) is 29.6 Å². The van der Waals surface area contributed by atoms with E-state index in [0.29, 0.717) is 10.8 Å². The van der Waals surface area contributed by atoms with Crippen LogP contribution < -0.4 is 5.32 Å². The van der Waals surface area contributed by atoms with E-state index in [2.05, 4.69) is 10.3 Å². The molecule has 2 aromatic heterocycles. The Morgan fingerprint density at radius 3 is 2.85 bits per heavy atom. The average Bonchev–Trinajstić information content (AvgIpc) is 2.95. The van der Waals surface area contributed by atoms with Crippen molar-refractivity contribution in [1.82, 2.24) is 10.3 Å². The number of aromatic nitrogens is 1. The zero-order valence-electron chi connectivity index (χ0n) is 11.0. The van der Waals surface area contributed by atoms with Gasteiger partial charge in [-0.1, -0.05) is 0 Å². The van der Waals surface area contributed by atoms with E-state index >= 15 is 0 Å². The fourth-order valence-corrected chi connectivity index (χ4v) is 2.41. The molecule has 0 radical (unpaired) electrons. The molecule has 7 heteroatoms. The van der Waals surface area contributed by atoms with Crippen molar-refractivity contribution < 1.29 is 19.1 Å². The van der Waals surface area contributed by atoms with E-state index < -0.39 is 12.0 Å². The van der Waals surface area contributed by atoms with Crippen LogP contribution in [0.3, 0.4) is 0 Å². The standard InChI is InChI=1S/C13H14N2O4S/c1-7(5-11(16)17)14-12(18)9-6-20-13(15-9)10-4-3-8(2)19-10/h3-4,6-7H,5H2,1-2H3,(H,14,18)(H,16,17). The maximum absolute atomic E-state index is 11.9. The van der Waals surface area contributed by atoms with Crippen LogP contribution in [-0.4, -0.2) is 28.0 Å². The topological polar surface area (TPSA) is 92.4 Å². The molecule has 2 heterocycles. The molecule has 0 bridgehead atoms. The van der Waals surface area contributed by atoms with E-state index in [-0.39, 0.29) is 18.0 Å². The minimum absolute atomic E-state index is 0.125. The Hall–Kier alpha value is -2.15. The number of hydrogen-bond acceptors (Lipinski definition) is 5. The van der Waals surface area contributed by atoms with E-state index in [1.807, 2.05) is 13.0 Å². The monoisotopic (exact) mass is 294 g/mol. The molecule has 0 aliphatic heterocycles. The van der Waals surface area contributed by atoms with Gasteiger partial charge >= 0.3 is 5.97 Å². The number of carbonyl (C=O) groups is 2. The van der Waals surface area contributed by atoms with Crippen molar-refractivity contribution in [2.45, 2.75) is 26.3 Å². The van der Waals surface area contributed by atoms with Crippen molar-refractivity contribution in [1.29, 1.82) is 0 Å². The number of hydrogen-bond donors (Lipinski definition) is 2. The summed E-state index contributed by atoms with van der Waals surface area (Å²) in [6, 6.07) is 3.17. The summed E-state index contributed by atoms with van der Waals surface area (Å²) in [4.78, 5) is 26.6. The highest BCUT2D eigenvalue weighted by molar-refractivity contribution is 7.13. The van der Waals surface area contributed by atoms with Crippen molar-refractivity contribution in [2.75, 3.05) is 0 Å². The first-order chi connectivity index (χ1) is 9.45. The number of rotatable bonds is 5. The molecule has 0 saturated heterocycles. The van der Waals surface area contributed by atoms with E-state index in [1.54, 1.807) is 18.4 Å². The Bertz CT molecular complexity index is 632. The normalized spacial score (nSPS) is 12.1. The second kappa shape index (κ2) is 5.87. The summed E-state index contributed by atoms with van der Waals surface area (Å²) in [6.07, 6.45) is -0.125. The molecule has 106 valence electrons. The first-order valence-corrected chi connectivity index (χ1v) is 6.88. The zero-order valence-corrected chi connectivity index (χ0v) is 11.9. The maximum Gasteiger partial charge on any atom is 0.305 e. The Morgan fingerprint density at radius 1 is 1.50 bits per heavy atom. The lowest BCUT2D eigenvalue weighted by Gasteiger charge is -2.09. The Morgan fingerprint density at radius 2 is 2.25 bits per heavy atom. The molecule has 0 aliphatic rings. The Labute approximate surface area is 119 Å². The molecule has 2 rings (SSSR count). The highest BCUT2D eigenvalue weighted by Gasteiger charge is 2.16. The van der Waals surface area contributed by atoms with Crippen LogP contribution in [0.25, 0.3) is 10.8 Å². The quantitative estimate of drug-likeness (QED) is 0.882. The van der Waals surface area contributed by atoms with E-state index in [0.717, 1.165) is 5.76 Å². The molecule has 1 amide bonds. The molecule has 2 N–H and O–H groups in total. The summed E-state index contributed by atoms with van der Waals surface area (Å²) in [5, 5.41) is 13.5. The van der Waals surface area contributed by atoms with Gasteiger partial charge in [0.1, 0.15) is 11.5 Å².